The third-order valence-corrected chi connectivity index (χ3v) is 27.6. The quantitative estimate of drug-likeness (QED) is 0.105. The van der Waals surface area contributed by atoms with Gasteiger partial charge in [0.05, 0.1) is 11.4 Å². The predicted octanol–water partition coefficient (Wildman–Crippen LogP) is 38.1. The van der Waals surface area contributed by atoms with Gasteiger partial charge in [-0.1, -0.05) is 309 Å². The molecule has 9 nitrogen and oxygen atoms in total. The van der Waals surface area contributed by atoms with Crippen molar-refractivity contribution in [3.8, 4) is 44.5 Å². The summed E-state index contributed by atoms with van der Waals surface area (Å²) in [5.74, 6) is 0. The maximum Gasteiger partial charge on any atom is 0.137 e. The summed E-state index contributed by atoms with van der Waals surface area (Å²) < 4.78 is 38.6. The Morgan fingerprint density at radius 1 is 0.115 bits per heavy atom. The third kappa shape index (κ3) is 14.0. The van der Waals surface area contributed by atoms with E-state index in [2.05, 4.69) is 445 Å². The molecule has 0 bridgehead atoms. The van der Waals surface area contributed by atoms with Crippen molar-refractivity contribution in [1.82, 2.24) is 0 Å². The molecular weight excluding hydrogens is 1700 g/mol. The molecule has 6 heterocycles. The van der Waals surface area contributed by atoms with Crippen molar-refractivity contribution >= 4 is 226 Å². The Balaban J connectivity index is 0.000000106. The molecule has 6 aromatic heterocycles. The van der Waals surface area contributed by atoms with Gasteiger partial charge in [0.25, 0.3) is 0 Å². The van der Waals surface area contributed by atoms with Gasteiger partial charge < -0.3 is 41.2 Å². The van der Waals surface area contributed by atoms with Crippen LogP contribution in [0.3, 0.4) is 0 Å². The summed E-state index contributed by atoms with van der Waals surface area (Å²) in [6.45, 7) is 0. The van der Waals surface area contributed by atoms with Gasteiger partial charge in [-0.2, -0.15) is 0 Å². The van der Waals surface area contributed by atoms with Crippen LogP contribution in [-0.4, -0.2) is 0 Å². The molecule has 0 amide bonds. The molecule has 0 unspecified atom stereocenters. The monoisotopic (exact) mass is 1780 g/mol. The van der Waals surface area contributed by atoms with Gasteiger partial charge in [-0.15, -0.1) is 0 Å². The Morgan fingerprint density at radius 3 is 0.806 bits per heavy atom. The topological polar surface area (TPSA) is 88.6 Å². The normalized spacial score (nSPS) is 11.7. The summed E-state index contributed by atoms with van der Waals surface area (Å²) >= 11 is 0. The SMILES string of the molecule is c1ccc(-c2ccc(N(c3ccc4c(c3)oc3ccccc34)c3ccc4c(c3)oc3ccccc34)c3ccccc23)cc1.c1ccc(-c2ccc3c(c2)oc2cc(N(c4ccc5c(c4)oc4cc(-c6ccccc6)ccc45)c4cc5ccccc5c5ccccc45)ccc23)cc1.c1ccc2c(-c3ccc(N(c4ccc5c(c4)oc4ccccc45)c4ccc5c(c4)oc4ccccc45)cc3)cccc2c1. The van der Waals surface area contributed by atoms with Crippen LogP contribution in [0.2, 0.25) is 0 Å². The lowest BCUT2D eigenvalue weighted by Gasteiger charge is -2.27. The van der Waals surface area contributed by atoms with Gasteiger partial charge in [-0.25, -0.2) is 0 Å². The zero-order valence-corrected chi connectivity index (χ0v) is 75.1. The van der Waals surface area contributed by atoms with E-state index in [1.54, 1.807) is 0 Å². The van der Waals surface area contributed by atoms with Gasteiger partial charge in [0, 0.05) is 152 Å². The Kier molecular flexibility index (Phi) is 19.1. The summed E-state index contributed by atoms with van der Waals surface area (Å²) in [4.78, 5) is 6.93. The highest BCUT2D eigenvalue weighted by atomic mass is 16.3. The van der Waals surface area contributed by atoms with Crippen LogP contribution in [0.25, 0.3) is 219 Å². The maximum atomic E-state index is 6.65. The van der Waals surface area contributed by atoms with E-state index in [0.717, 1.165) is 194 Å². The van der Waals surface area contributed by atoms with E-state index < -0.39 is 0 Å². The van der Waals surface area contributed by atoms with Crippen molar-refractivity contribution in [2.75, 3.05) is 14.7 Å². The molecule has 29 rings (SSSR count). The second kappa shape index (κ2) is 33.2. The van der Waals surface area contributed by atoms with E-state index in [1.807, 2.05) is 60.7 Å². The number of fused-ring (bicyclic) bond motifs is 23. The van der Waals surface area contributed by atoms with Crippen molar-refractivity contribution in [3.05, 3.63) is 491 Å². The van der Waals surface area contributed by atoms with E-state index in [9.17, 15) is 0 Å². The minimum absolute atomic E-state index is 0.844. The number of benzene rings is 23. The standard InChI is InChI=1S/C50H31NO2.2C40H25NO2/c1-3-11-32(12-4-1)34-19-23-42-44-25-21-37(30-49(44)52-47(42)28-34)51(46-27-36-15-7-8-16-39(36)40-17-9-10-18-41(40)46)38-22-26-45-43-24-20-35(33-13-5-2-6-14-33)29-48(43)53-50(45)31-38;1-2-10-31-26(8-1)9-7-13-32(31)27-16-18-28(19-17-27)41(29-20-22-35-33-11-3-5-14-37(33)42-39(35)24-29)30-21-23-36-34-12-4-6-15-38(34)43-40(36)25-30;1-2-10-26(11-3-1)29-22-23-36(31-13-5-4-12-30(29)31)41(27-18-20-34-32-14-6-8-16-37(32)42-39(34)24-27)28-19-21-35-33-15-7-9-17-38(33)43-40(35)25-28/h1-31H;2*1-25H. The zero-order valence-electron chi connectivity index (χ0n) is 75.1. The molecule has 139 heavy (non-hydrogen) atoms. The summed E-state index contributed by atoms with van der Waals surface area (Å²) in [5.41, 5.74) is 29.2. The molecule has 0 saturated carbocycles. The Labute approximate surface area is 797 Å². The van der Waals surface area contributed by atoms with Crippen LogP contribution >= 0.6 is 0 Å². The van der Waals surface area contributed by atoms with Crippen LogP contribution in [0.4, 0.5) is 51.2 Å². The van der Waals surface area contributed by atoms with Crippen LogP contribution < -0.4 is 14.7 Å². The maximum absolute atomic E-state index is 6.65. The molecule has 23 aromatic carbocycles. The molecule has 0 fully saturated rings. The fraction of sp³-hybridized carbons (Fsp3) is 0. The fourth-order valence-electron chi connectivity index (χ4n) is 21.0. The first-order chi connectivity index (χ1) is 68.9. The number of furan rings is 6. The first-order valence-corrected chi connectivity index (χ1v) is 47.0. The fourth-order valence-corrected chi connectivity index (χ4v) is 21.0. The smallest absolute Gasteiger partial charge is 0.137 e. The summed E-state index contributed by atoms with van der Waals surface area (Å²) in [6.07, 6.45) is 0. The largest absolute Gasteiger partial charge is 0.456 e. The Morgan fingerprint density at radius 2 is 0.381 bits per heavy atom. The molecule has 0 saturated heterocycles. The summed E-state index contributed by atoms with van der Waals surface area (Å²) in [5, 5.41) is 23.0. The molecule has 0 aliphatic rings. The molecule has 0 N–H and O–H groups in total. The molecule has 0 spiro atoms. The molecule has 0 atom stereocenters. The zero-order chi connectivity index (χ0) is 91.5. The lowest BCUT2D eigenvalue weighted by Crippen LogP contribution is -2.10. The van der Waals surface area contributed by atoms with Crippen molar-refractivity contribution in [3.63, 3.8) is 0 Å². The first kappa shape index (κ1) is 80.0. The molecule has 9 heteroatoms. The molecule has 652 valence electrons. The van der Waals surface area contributed by atoms with Gasteiger partial charge in [0.15, 0.2) is 0 Å². The highest BCUT2D eigenvalue weighted by Gasteiger charge is 2.26. The van der Waals surface area contributed by atoms with Crippen molar-refractivity contribution < 1.29 is 26.5 Å². The average molecular weight is 1780 g/mol. The number of anilines is 9. The van der Waals surface area contributed by atoms with E-state index in [0.29, 0.717) is 0 Å². The lowest BCUT2D eigenvalue weighted by molar-refractivity contribution is 0.668. The summed E-state index contributed by atoms with van der Waals surface area (Å²) in [7, 11) is 0. The number of para-hydroxylation sites is 4. The van der Waals surface area contributed by atoms with Crippen molar-refractivity contribution in [2.24, 2.45) is 0 Å². The molecule has 0 aliphatic carbocycles. The van der Waals surface area contributed by atoms with Gasteiger partial charge in [-0.05, 0) is 222 Å². The molecule has 0 aliphatic heterocycles. The third-order valence-electron chi connectivity index (χ3n) is 27.6. The Bertz CT molecular complexity index is 9500. The van der Waals surface area contributed by atoms with Gasteiger partial charge in [0.2, 0.25) is 0 Å². The van der Waals surface area contributed by atoms with Crippen LogP contribution in [0.1, 0.15) is 0 Å². The first-order valence-electron chi connectivity index (χ1n) is 47.0. The highest BCUT2D eigenvalue weighted by Crippen LogP contribution is 2.51. The highest BCUT2D eigenvalue weighted by molar-refractivity contribution is 6.18. The van der Waals surface area contributed by atoms with E-state index in [1.165, 1.54) is 76.5 Å². The van der Waals surface area contributed by atoms with Crippen LogP contribution in [0, 0.1) is 0 Å². The van der Waals surface area contributed by atoms with Gasteiger partial charge in [0.1, 0.15) is 67.0 Å². The van der Waals surface area contributed by atoms with Crippen molar-refractivity contribution in [2.45, 2.75) is 0 Å². The Hall–Kier alpha value is -18.7. The van der Waals surface area contributed by atoms with Crippen LogP contribution in [-0.2, 0) is 0 Å². The van der Waals surface area contributed by atoms with Crippen molar-refractivity contribution in [1.29, 1.82) is 0 Å². The molecule has 29 aromatic rings. The minimum Gasteiger partial charge on any atom is -0.456 e. The number of hydrogen-bond donors (Lipinski definition) is 0. The lowest BCUT2D eigenvalue weighted by atomic mass is 9.96. The number of rotatable bonds is 13. The molecule has 0 radical (unpaired) electrons. The predicted molar refractivity (Wildman–Crippen MR) is 579 cm³/mol. The average Bonchev–Trinajstić information content (AvgIpc) is 1.72. The number of nitrogens with zero attached hydrogens (tertiary/aromatic N) is 3. The minimum atomic E-state index is 0.844. The second-order valence-corrected chi connectivity index (χ2v) is 35.6. The van der Waals surface area contributed by atoms with Crippen LogP contribution in [0.5, 0.6) is 0 Å². The van der Waals surface area contributed by atoms with E-state index in [4.69, 9.17) is 26.5 Å². The van der Waals surface area contributed by atoms with E-state index >= 15 is 0 Å². The van der Waals surface area contributed by atoms with Gasteiger partial charge >= 0.3 is 0 Å². The van der Waals surface area contributed by atoms with E-state index in [-0.39, 0.29) is 0 Å². The van der Waals surface area contributed by atoms with Gasteiger partial charge in [-0.3, -0.25) is 0 Å². The summed E-state index contributed by atoms with van der Waals surface area (Å²) in [6, 6.07) is 173. The second-order valence-electron chi connectivity index (χ2n) is 35.6. The van der Waals surface area contributed by atoms with Crippen LogP contribution in [0.15, 0.2) is 518 Å². The molecular formula is C130H81N3O6. The number of hydrogen-bond acceptors (Lipinski definition) is 9.